The number of benzene rings is 2. The average molecular weight is 460 g/mol. The van der Waals surface area contributed by atoms with E-state index in [4.69, 9.17) is 4.74 Å². The van der Waals surface area contributed by atoms with Crippen molar-refractivity contribution in [2.24, 2.45) is 0 Å². The van der Waals surface area contributed by atoms with Crippen LogP contribution in [0.15, 0.2) is 47.3 Å². The number of nitro groups is 2. The van der Waals surface area contributed by atoms with Crippen LogP contribution in [0.4, 0.5) is 24.5 Å². The van der Waals surface area contributed by atoms with Gasteiger partial charge in [-0.05, 0) is 30.7 Å². The van der Waals surface area contributed by atoms with Gasteiger partial charge in [-0.25, -0.2) is 0 Å². The van der Waals surface area contributed by atoms with Crippen molar-refractivity contribution >= 4 is 11.4 Å². The second-order valence-corrected chi connectivity index (χ2v) is 6.66. The Bertz CT molecular complexity index is 1340. The van der Waals surface area contributed by atoms with Gasteiger partial charge in [0.25, 0.3) is 11.3 Å². The first-order valence-electron chi connectivity index (χ1n) is 8.88. The molecule has 0 bridgehead atoms. The topological polar surface area (TPSA) is 152 Å². The third kappa shape index (κ3) is 4.64. The van der Waals surface area contributed by atoms with Gasteiger partial charge in [-0.15, -0.1) is 0 Å². The molecule has 3 rings (SSSR count). The van der Waals surface area contributed by atoms with Crippen molar-refractivity contribution in [3.8, 4) is 28.7 Å². The van der Waals surface area contributed by atoms with E-state index in [9.17, 15) is 43.5 Å². The van der Waals surface area contributed by atoms with Crippen molar-refractivity contribution in [3.05, 3.63) is 89.9 Å². The first-order chi connectivity index (χ1) is 15.4. The minimum Gasteiger partial charge on any atom is -0.444 e. The second kappa shape index (κ2) is 8.42. The van der Waals surface area contributed by atoms with Crippen LogP contribution in [0.3, 0.4) is 0 Å². The quantitative estimate of drug-likeness (QED) is 0.422. The van der Waals surface area contributed by atoms with Gasteiger partial charge in [0.05, 0.1) is 15.4 Å². The summed E-state index contributed by atoms with van der Waals surface area (Å²) in [7, 11) is 0. The van der Waals surface area contributed by atoms with E-state index in [0.717, 1.165) is 0 Å². The Balaban J connectivity index is 2.08. The van der Waals surface area contributed by atoms with Crippen LogP contribution < -0.4 is 10.3 Å². The van der Waals surface area contributed by atoms with Crippen LogP contribution in [-0.2, 0) is 6.18 Å². The Morgan fingerprint density at radius 1 is 1.03 bits per heavy atom. The Labute approximate surface area is 181 Å². The van der Waals surface area contributed by atoms with Crippen LogP contribution >= 0.6 is 0 Å². The maximum atomic E-state index is 13.0. The zero-order valence-electron chi connectivity index (χ0n) is 16.5. The number of aryl methyl sites for hydroxylation is 1. The number of alkyl halides is 3. The minimum absolute atomic E-state index is 0.148. The van der Waals surface area contributed by atoms with E-state index in [2.05, 4.69) is 4.98 Å². The highest BCUT2D eigenvalue weighted by Gasteiger charge is 2.38. The van der Waals surface area contributed by atoms with Gasteiger partial charge in [0.15, 0.2) is 0 Å². The van der Waals surface area contributed by atoms with E-state index in [0.29, 0.717) is 11.3 Å². The van der Waals surface area contributed by atoms with Crippen molar-refractivity contribution in [2.75, 3.05) is 0 Å². The SMILES string of the molecule is Cc1cc(-c2ccc(Oc3c([N+](=O)[O-])cc(C(F)(F)F)cc3[N+](=O)[O-])cc2)c(C#N)c(=O)[nH]1. The Morgan fingerprint density at radius 2 is 1.58 bits per heavy atom. The Kier molecular flexibility index (Phi) is 5.86. The van der Waals surface area contributed by atoms with Crippen LogP contribution in [-0.4, -0.2) is 14.8 Å². The third-order valence-electron chi connectivity index (χ3n) is 4.44. The highest BCUT2D eigenvalue weighted by Crippen LogP contribution is 2.44. The molecule has 3 aromatic rings. The molecule has 0 radical (unpaired) electrons. The summed E-state index contributed by atoms with van der Waals surface area (Å²) in [4.78, 5) is 34.6. The first-order valence-corrected chi connectivity index (χ1v) is 8.88. The second-order valence-electron chi connectivity index (χ2n) is 6.66. The van der Waals surface area contributed by atoms with Gasteiger partial charge in [-0.2, -0.15) is 18.4 Å². The number of rotatable bonds is 5. The summed E-state index contributed by atoms with van der Waals surface area (Å²) in [5.74, 6) is -1.14. The molecule has 0 aliphatic heterocycles. The van der Waals surface area contributed by atoms with E-state index >= 15 is 0 Å². The van der Waals surface area contributed by atoms with E-state index in [1.807, 2.05) is 0 Å². The summed E-state index contributed by atoms with van der Waals surface area (Å²) in [5, 5.41) is 31.9. The minimum atomic E-state index is -5.06. The lowest BCUT2D eigenvalue weighted by Gasteiger charge is -2.11. The fraction of sp³-hybridized carbons (Fsp3) is 0.100. The first kappa shape index (κ1) is 22.9. The van der Waals surface area contributed by atoms with Crippen molar-refractivity contribution in [1.29, 1.82) is 5.26 Å². The fourth-order valence-corrected chi connectivity index (χ4v) is 2.99. The number of aromatic amines is 1. The molecule has 0 amide bonds. The number of H-pyrrole nitrogens is 1. The van der Waals surface area contributed by atoms with Crippen LogP contribution in [0.25, 0.3) is 11.1 Å². The number of nitriles is 1. The molecule has 168 valence electrons. The molecule has 1 N–H and O–H groups in total. The summed E-state index contributed by atoms with van der Waals surface area (Å²) in [6.07, 6.45) is -5.06. The number of pyridine rings is 1. The highest BCUT2D eigenvalue weighted by atomic mass is 19.4. The molecule has 10 nitrogen and oxygen atoms in total. The number of halogens is 3. The van der Waals surface area contributed by atoms with Crippen LogP contribution in [0, 0.1) is 38.5 Å². The average Bonchev–Trinajstić information content (AvgIpc) is 2.72. The molecule has 0 saturated carbocycles. The molecule has 2 aromatic carbocycles. The number of nitrogens with zero attached hydrogens (tertiary/aromatic N) is 3. The van der Waals surface area contributed by atoms with Gasteiger partial charge < -0.3 is 9.72 Å². The maximum absolute atomic E-state index is 13.0. The zero-order valence-corrected chi connectivity index (χ0v) is 16.5. The molecule has 0 fully saturated rings. The Morgan fingerprint density at radius 3 is 2.03 bits per heavy atom. The molecule has 1 aromatic heterocycles. The number of ether oxygens (including phenoxy) is 1. The van der Waals surface area contributed by atoms with Crippen molar-refractivity contribution < 1.29 is 27.8 Å². The summed E-state index contributed by atoms with van der Waals surface area (Å²) < 4.78 is 44.3. The summed E-state index contributed by atoms with van der Waals surface area (Å²) in [5.41, 5.74) is -3.66. The zero-order chi connectivity index (χ0) is 24.5. The molecule has 1 heterocycles. The number of nitro benzene ring substituents is 2. The number of aromatic nitrogens is 1. The van der Waals surface area contributed by atoms with Crippen LogP contribution in [0.2, 0.25) is 0 Å². The summed E-state index contributed by atoms with van der Waals surface area (Å²) in [6, 6.07) is 8.85. The third-order valence-corrected chi connectivity index (χ3v) is 4.44. The molecule has 0 aliphatic carbocycles. The molecular weight excluding hydrogens is 449 g/mol. The predicted octanol–water partition coefficient (Wildman–Crippen LogP) is 4.85. The summed E-state index contributed by atoms with van der Waals surface area (Å²) >= 11 is 0. The lowest BCUT2D eigenvalue weighted by Crippen LogP contribution is -2.12. The molecule has 0 atom stereocenters. The number of hydrogen-bond acceptors (Lipinski definition) is 7. The number of nitrogens with one attached hydrogen (secondary N) is 1. The van der Waals surface area contributed by atoms with E-state index in [1.54, 1.807) is 19.1 Å². The molecular formula is C20H11F3N4O6. The van der Waals surface area contributed by atoms with Crippen molar-refractivity contribution in [3.63, 3.8) is 0 Å². The smallest absolute Gasteiger partial charge is 0.416 e. The monoisotopic (exact) mass is 460 g/mol. The molecule has 0 aliphatic rings. The lowest BCUT2D eigenvalue weighted by atomic mass is 10.0. The van der Waals surface area contributed by atoms with Gasteiger partial charge >= 0.3 is 17.6 Å². The maximum Gasteiger partial charge on any atom is 0.416 e. The van der Waals surface area contributed by atoms with Gasteiger partial charge in [0.2, 0.25) is 0 Å². The molecule has 33 heavy (non-hydrogen) atoms. The van der Waals surface area contributed by atoms with Gasteiger partial charge in [0, 0.05) is 23.4 Å². The molecule has 0 unspecified atom stereocenters. The predicted molar refractivity (Wildman–Crippen MR) is 107 cm³/mol. The molecule has 0 spiro atoms. The molecule has 0 saturated heterocycles. The van der Waals surface area contributed by atoms with E-state index in [1.165, 1.54) is 24.3 Å². The van der Waals surface area contributed by atoms with Crippen molar-refractivity contribution in [1.82, 2.24) is 4.98 Å². The Hall–Kier alpha value is -4.73. The van der Waals surface area contributed by atoms with Crippen molar-refractivity contribution in [2.45, 2.75) is 13.1 Å². The summed E-state index contributed by atoms with van der Waals surface area (Å²) in [6.45, 7) is 1.60. The molecule has 13 heteroatoms. The van der Waals surface area contributed by atoms with E-state index < -0.39 is 44.3 Å². The van der Waals surface area contributed by atoms with Crippen LogP contribution in [0.1, 0.15) is 16.8 Å². The number of hydrogen-bond donors (Lipinski definition) is 1. The largest absolute Gasteiger partial charge is 0.444 e. The van der Waals surface area contributed by atoms with Crippen LogP contribution in [0.5, 0.6) is 11.5 Å². The van der Waals surface area contributed by atoms with E-state index in [-0.39, 0.29) is 29.0 Å². The van der Waals surface area contributed by atoms with Gasteiger partial charge in [-0.3, -0.25) is 25.0 Å². The normalized spacial score (nSPS) is 11.0. The van der Waals surface area contributed by atoms with Gasteiger partial charge in [-0.1, -0.05) is 12.1 Å². The lowest BCUT2D eigenvalue weighted by molar-refractivity contribution is -0.396. The standard InChI is InChI=1S/C20H11F3N4O6/c1-10-6-14(15(9-24)19(28)25-10)11-2-4-13(5-3-11)33-18-16(26(29)30)7-12(20(21,22)23)8-17(18)27(31)32/h2-8H,1H3,(H,25,28). The van der Waals surface area contributed by atoms with Gasteiger partial charge in [0.1, 0.15) is 17.4 Å². The fourth-order valence-electron chi connectivity index (χ4n) is 2.99. The highest BCUT2D eigenvalue weighted by molar-refractivity contribution is 5.71.